The summed E-state index contributed by atoms with van der Waals surface area (Å²) in [5.41, 5.74) is 2.34. The van der Waals surface area contributed by atoms with Crippen molar-refractivity contribution in [2.45, 2.75) is 39.2 Å². The second-order valence-corrected chi connectivity index (χ2v) is 6.71. The molecule has 2 aromatic rings. The van der Waals surface area contributed by atoms with Crippen LogP contribution in [-0.4, -0.2) is 39.3 Å². The van der Waals surface area contributed by atoms with Crippen molar-refractivity contribution >= 4 is 0 Å². The summed E-state index contributed by atoms with van der Waals surface area (Å²) in [6, 6.07) is 1.79. The Labute approximate surface area is 135 Å². The van der Waals surface area contributed by atoms with Gasteiger partial charge in [-0.3, -0.25) is 4.79 Å². The summed E-state index contributed by atoms with van der Waals surface area (Å²) >= 11 is 0. The molecule has 0 unspecified atom stereocenters. The van der Waals surface area contributed by atoms with Crippen molar-refractivity contribution in [2.24, 2.45) is 5.92 Å². The number of likely N-dealkylation sites (tertiary alicyclic amines) is 1. The zero-order valence-electron chi connectivity index (χ0n) is 13.5. The molecular weight excluding hydrogens is 292 g/mol. The molecule has 0 bridgehead atoms. The molecule has 6 nitrogen and oxygen atoms in total. The highest BCUT2D eigenvalue weighted by molar-refractivity contribution is 5.22. The summed E-state index contributed by atoms with van der Waals surface area (Å²) in [7, 11) is 0. The monoisotopic (exact) mass is 314 g/mol. The van der Waals surface area contributed by atoms with Crippen LogP contribution in [0.1, 0.15) is 29.3 Å². The highest BCUT2D eigenvalue weighted by Crippen LogP contribution is 2.20. The minimum atomic E-state index is 0.0567. The molecule has 1 aliphatic carbocycles. The van der Waals surface area contributed by atoms with E-state index in [1.54, 1.807) is 16.9 Å². The summed E-state index contributed by atoms with van der Waals surface area (Å²) in [6.07, 6.45) is 5.86. The summed E-state index contributed by atoms with van der Waals surface area (Å²) in [4.78, 5) is 18.6. The third-order valence-electron chi connectivity index (χ3n) is 4.83. The van der Waals surface area contributed by atoms with Gasteiger partial charge in [0.05, 0.1) is 18.4 Å². The van der Waals surface area contributed by atoms with E-state index in [-0.39, 0.29) is 5.56 Å². The summed E-state index contributed by atoms with van der Waals surface area (Å²) in [5, 5.41) is 4.56. The molecular formula is C17H22N4O2. The Balaban J connectivity index is 1.28. The van der Waals surface area contributed by atoms with Crippen LogP contribution in [-0.2, 0) is 25.8 Å². The Bertz CT molecular complexity index is 758. The molecule has 0 N–H and O–H groups in total. The summed E-state index contributed by atoms with van der Waals surface area (Å²) in [6.45, 7) is 5.64. The van der Waals surface area contributed by atoms with E-state index in [9.17, 15) is 4.79 Å². The number of aryl methyl sites for hydroxylation is 3. The van der Waals surface area contributed by atoms with E-state index in [2.05, 4.69) is 15.0 Å². The molecule has 23 heavy (non-hydrogen) atoms. The number of hydrogen-bond acceptors (Lipinski definition) is 5. The summed E-state index contributed by atoms with van der Waals surface area (Å²) < 4.78 is 7.16. The Morgan fingerprint density at radius 1 is 1.35 bits per heavy atom. The van der Waals surface area contributed by atoms with Gasteiger partial charge in [0.15, 0.2) is 5.89 Å². The van der Waals surface area contributed by atoms with Gasteiger partial charge in [-0.15, -0.1) is 0 Å². The average molecular weight is 314 g/mol. The van der Waals surface area contributed by atoms with Crippen LogP contribution in [0.15, 0.2) is 21.5 Å². The van der Waals surface area contributed by atoms with Crippen molar-refractivity contribution in [2.75, 3.05) is 19.6 Å². The third kappa shape index (κ3) is 3.08. The van der Waals surface area contributed by atoms with E-state index in [4.69, 9.17) is 4.42 Å². The fourth-order valence-corrected chi connectivity index (χ4v) is 3.58. The quantitative estimate of drug-likeness (QED) is 0.830. The van der Waals surface area contributed by atoms with Gasteiger partial charge < -0.3 is 9.32 Å². The molecule has 6 heteroatoms. The average Bonchev–Trinajstić information content (AvgIpc) is 3.09. The maximum atomic E-state index is 12.1. The minimum absolute atomic E-state index is 0.0567. The number of rotatable bonds is 5. The van der Waals surface area contributed by atoms with Crippen LogP contribution in [0.2, 0.25) is 0 Å². The Morgan fingerprint density at radius 2 is 2.22 bits per heavy atom. The molecule has 0 radical (unpaired) electrons. The predicted octanol–water partition coefficient (Wildman–Crippen LogP) is 1.20. The molecule has 0 atom stereocenters. The second-order valence-electron chi connectivity index (χ2n) is 6.71. The standard InChI is InChI=1S/C17H22N4O2/c1-12-18-8-15(23-12)5-6-20-9-13(10-20)11-21-17(22)7-14-3-2-4-16(14)19-21/h7-8,13H,2-6,9-11H2,1H3. The maximum Gasteiger partial charge on any atom is 0.267 e. The zero-order valence-corrected chi connectivity index (χ0v) is 13.5. The van der Waals surface area contributed by atoms with Crippen molar-refractivity contribution < 1.29 is 4.42 Å². The number of hydrogen-bond donors (Lipinski definition) is 0. The van der Waals surface area contributed by atoms with E-state index in [0.717, 1.165) is 74.8 Å². The number of oxazole rings is 1. The van der Waals surface area contributed by atoms with E-state index in [0.29, 0.717) is 5.92 Å². The molecule has 1 aliphatic heterocycles. The van der Waals surface area contributed by atoms with Gasteiger partial charge in [0.2, 0.25) is 0 Å². The molecule has 3 heterocycles. The Kier molecular flexibility index (Phi) is 3.77. The lowest BCUT2D eigenvalue weighted by atomic mass is 10.00. The molecule has 0 spiro atoms. The van der Waals surface area contributed by atoms with E-state index < -0.39 is 0 Å². The van der Waals surface area contributed by atoms with Crippen LogP contribution in [0.5, 0.6) is 0 Å². The first-order chi connectivity index (χ1) is 11.2. The maximum absolute atomic E-state index is 12.1. The molecule has 1 saturated heterocycles. The van der Waals surface area contributed by atoms with E-state index >= 15 is 0 Å². The first-order valence-electron chi connectivity index (χ1n) is 8.41. The number of aromatic nitrogens is 3. The molecule has 1 fully saturated rings. The SMILES string of the molecule is Cc1ncc(CCN2CC(Cn3nc4c(cc3=O)CCC4)C2)o1. The van der Waals surface area contributed by atoms with Gasteiger partial charge in [-0.05, 0) is 24.8 Å². The smallest absolute Gasteiger partial charge is 0.267 e. The van der Waals surface area contributed by atoms with Gasteiger partial charge in [0.1, 0.15) is 5.76 Å². The lowest BCUT2D eigenvalue weighted by Gasteiger charge is -2.39. The topological polar surface area (TPSA) is 64.2 Å². The Hall–Kier alpha value is -1.95. The van der Waals surface area contributed by atoms with Crippen molar-refractivity contribution in [1.29, 1.82) is 0 Å². The zero-order chi connectivity index (χ0) is 15.8. The first kappa shape index (κ1) is 14.6. The van der Waals surface area contributed by atoms with Crippen molar-refractivity contribution in [1.82, 2.24) is 19.7 Å². The fourth-order valence-electron chi connectivity index (χ4n) is 3.58. The van der Waals surface area contributed by atoms with E-state index in [1.807, 2.05) is 6.92 Å². The number of fused-ring (bicyclic) bond motifs is 1. The third-order valence-corrected chi connectivity index (χ3v) is 4.83. The second kappa shape index (κ2) is 5.92. The molecule has 122 valence electrons. The van der Waals surface area contributed by atoms with Gasteiger partial charge in [-0.1, -0.05) is 0 Å². The fraction of sp³-hybridized carbons (Fsp3) is 0.588. The van der Waals surface area contributed by atoms with Crippen LogP contribution >= 0.6 is 0 Å². The minimum Gasteiger partial charge on any atom is -0.446 e. The molecule has 0 aromatic carbocycles. The van der Waals surface area contributed by atoms with Crippen LogP contribution in [0.25, 0.3) is 0 Å². The first-order valence-corrected chi connectivity index (χ1v) is 8.41. The molecule has 2 aliphatic rings. The largest absolute Gasteiger partial charge is 0.446 e. The van der Waals surface area contributed by atoms with Crippen LogP contribution in [0.3, 0.4) is 0 Å². The molecule has 0 saturated carbocycles. The van der Waals surface area contributed by atoms with Crippen LogP contribution in [0, 0.1) is 12.8 Å². The predicted molar refractivity (Wildman–Crippen MR) is 85.4 cm³/mol. The van der Waals surface area contributed by atoms with Crippen molar-refractivity contribution in [3.8, 4) is 0 Å². The van der Waals surface area contributed by atoms with Gasteiger partial charge in [0, 0.05) is 45.0 Å². The lowest BCUT2D eigenvalue weighted by Crippen LogP contribution is -2.50. The van der Waals surface area contributed by atoms with Crippen LogP contribution < -0.4 is 5.56 Å². The molecule has 4 rings (SSSR count). The van der Waals surface area contributed by atoms with E-state index in [1.165, 1.54) is 0 Å². The van der Waals surface area contributed by atoms with Gasteiger partial charge in [-0.25, -0.2) is 9.67 Å². The highest BCUT2D eigenvalue weighted by Gasteiger charge is 2.27. The Morgan fingerprint density at radius 3 is 3.00 bits per heavy atom. The normalized spacial score (nSPS) is 18.1. The van der Waals surface area contributed by atoms with Crippen molar-refractivity contribution in [3.63, 3.8) is 0 Å². The van der Waals surface area contributed by atoms with Crippen molar-refractivity contribution in [3.05, 3.63) is 45.5 Å². The lowest BCUT2D eigenvalue weighted by molar-refractivity contribution is 0.0839. The molecule has 2 aromatic heterocycles. The number of nitrogens with zero attached hydrogens (tertiary/aromatic N) is 4. The van der Waals surface area contributed by atoms with Gasteiger partial charge in [-0.2, -0.15) is 5.10 Å². The van der Waals surface area contributed by atoms with Crippen LogP contribution in [0.4, 0.5) is 0 Å². The van der Waals surface area contributed by atoms with Gasteiger partial charge >= 0.3 is 0 Å². The molecule has 0 amide bonds. The highest BCUT2D eigenvalue weighted by atomic mass is 16.4. The van der Waals surface area contributed by atoms with Gasteiger partial charge in [0.25, 0.3) is 5.56 Å². The summed E-state index contributed by atoms with van der Waals surface area (Å²) in [5.74, 6) is 2.20.